The molecule has 2 aromatic rings. The Labute approximate surface area is 147 Å². The molecule has 0 atom stereocenters. The van der Waals surface area contributed by atoms with Crippen molar-refractivity contribution in [3.05, 3.63) is 70.8 Å². The fraction of sp³-hybridized carbons (Fsp3) is 0.238. The number of aryl methyl sites for hydroxylation is 1. The number of rotatable bonds is 5. The van der Waals surface area contributed by atoms with Gasteiger partial charge in [0.25, 0.3) is 5.91 Å². The van der Waals surface area contributed by atoms with Crippen molar-refractivity contribution >= 4 is 12.0 Å². The quantitative estimate of drug-likeness (QED) is 0.650. The van der Waals surface area contributed by atoms with Crippen molar-refractivity contribution in [2.45, 2.75) is 25.2 Å². The average molecular weight is 332 g/mol. The molecular formula is C21H20N2O2. The highest BCUT2D eigenvalue weighted by molar-refractivity contribution is 6.01. The Hall–Kier alpha value is -3.06. The summed E-state index contributed by atoms with van der Waals surface area (Å²) in [5.41, 5.74) is 3.27. The molecule has 4 nitrogen and oxygen atoms in total. The molecule has 1 amide bonds. The van der Waals surface area contributed by atoms with Gasteiger partial charge in [-0.15, -0.1) is 0 Å². The van der Waals surface area contributed by atoms with E-state index in [0.717, 1.165) is 12.8 Å². The first kappa shape index (κ1) is 16.8. The normalized spacial score (nSPS) is 15.3. The first-order chi connectivity index (χ1) is 12.0. The second-order valence-corrected chi connectivity index (χ2v) is 6.54. The molecule has 2 N–H and O–H groups in total. The van der Waals surface area contributed by atoms with Gasteiger partial charge in [-0.3, -0.25) is 4.79 Å². The lowest BCUT2D eigenvalue weighted by Gasteiger charge is -2.18. The molecule has 1 fully saturated rings. The van der Waals surface area contributed by atoms with Crippen LogP contribution in [0.25, 0.3) is 6.08 Å². The number of carbonyl (C=O) groups is 1. The molecule has 1 saturated carbocycles. The van der Waals surface area contributed by atoms with Crippen molar-refractivity contribution in [2.24, 2.45) is 0 Å². The zero-order valence-electron chi connectivity index (χ0n) is 14.1. The fourth-order valence-corrected chi connectivity index (χ4v) is 3.09. The second kappa shape index (κ2) is 6.82. The highest BCUT2D eigenvalue weighted by Crippen LogP contribution is 2.48. The first-order valence-corrected chi connectivity index (χ1v) is 8.29. The molecule has 0 radical (unpaired) electrons. The molecule has 1 aliphatic rings. The number of benzene rings is 2. The lowest BCUT2D eigenvalue weighted by molar-refractivity contribution is -0.117. The monoisotopic (exact) mass is 332 g/mol. The number of phenolic OH excluding ortho intramolecular Hbond substituents is 1. The summed E-state index contributed by atoms with van der Waals surface area (Å²) in [7, 11) is 0. The summed E-state index contributed by atoms with van der Waals surface area (Å²) in [4.78, 5) is 12.4. The van der Waals surface area contributed by atoms with E-state index in [1.165, 1.54) is 29.3 Å². The number of hydrogen-bond donors (Lipinski definition) is 2. The van der Waals surface area contributed by atoms with E-state index in [1.54, 1.807) is 12.1 Å². The maximum absolute atomic E-state index is 12.4. The van der Waals surface area contributed by atoms with E-state index < -0.39 is 0 Å². The highest BCUT2D eigenvalue weighted by atomic mass is 16.3. The minimum Gasteiger partial charge on any atom is -0.508 e. The molecule has 0 aromatic heterocycles. The van der Waals surface area contributed by atoms with Crippen molar-refractivity contribution in [2.75, 3.05) is 6.54 Å². The molecule has 2 aromatic carbocycles. The van der Waals surface area contributed by atoms with E-state index >= 15 is 0 Å². The van der Waals surface area contributed by atoms with E-state index in [2.05, 4.69) is 24.4 Å². The van der Waals surface area contributed by atoms with Crippen LogP contribution in [0.15, 0.2) is 54.1 Å². The van der Waals surface area contributed by atoms with Gasteiger partial charge in [0.2, 0.25) is 0 Å². The Kier molecular flexibility index (Phi) is 4.58. The zero-order valence-corrected chi connectivity index (χ0v) is 14.1. The Balaban J connectivity index is 1.70. The van der Waals surface area contributed by atoms with Crippen LogP contribution in [0.2, 0.25) is 0 Å². The summed E-state index contributed by atoms with van der Waals surface area (Å²) < 4.78 is 0. The molecule has 0 saturated heterocycles. The van der Waals surface area contributed by atoms with Crippen LogP contribution in [0, 0.1) is 18.3 Å². The first-order valence-electron chi connectivity index (χ1n) is 8.29. The van der Waals surface area contributed by atoms with Crippen LogP contribution in [0.5, 0.6) is 5.75 Å². The fourth-order valence-electron chi connectivity index (χ4n) is 3.09. The SMILES string of the molecule is Cc1ccccc1C1(CNC(=O)C(C#N)=Cc2ccc(O)cc2)CC1. The van der Waals surface area contributed by atoms with Gasteiger partial charge in [0.1, 0.15) is 17.4 Å². The topological polar surface area (TPSA) is 73.1 Å². The van der Waals surface area contributed by atoms with Crippen molar-refractivity contribution in [1.29, 1.82) is 5.26 Å². The third-order valence-corrected chi connectivity index (χ3v) is 4.73. The van der Waals surface area contributed by atoms with Gasteiger partial charge in [0, 0.05) is 12.0 Å². The number of amides is 1. The molecule has 0 spiro atoms. The molecule has 1 aliphatic carbocycles. The summed E-state index contributed by atoms with van der Waals surface area (Å²) in [6.45, 7) is 2.62. The van der Waals surface area contributed by atoms with E-state index in [1.807, 2.05) is 18.2 Å². The van der Waals surface area contributed by atoms with Crippen LogP contribution in [0.4, 0.5) is 0 Å². The summed E-state index contributed by atoms with van der Waals surface area (Å²) in [5, 5.41) is 21.5. The average Bonchev–Trinajstić information content (AvgIpc) is 3.40. The zero-order chi connectivity index (χ0) is 17.9. The lowest BCUT2D eigenvalue weighted by Crippen LogP contribution is -2.33. The number of nitrogens with one attached hydrogen (secondary N) is 1. The smallest absolute Gasteiger partial charge is 0.261 e. The maximum Gasteiger partial charge on any atom is 0.261 e. The van der Waals surface area contributed by atoms with Crippen LogP contribution in [-0.2, 0) is 10.2 Å². The van der Waals surface area contributed by atoms with Gasteiger partial charge in [-0.05, 0) is 54.7 Å². The molecule has 0 heterocycles. The molecular weight excluding hydrogens is 312 g/mol. The summed E-state index contributed by atoms with van der Waals surface area (Å²) in [6.07, 6.45) is 3.62. The van der Waals surface area contributed by atoms with Gasteiger partial charge < -0.3 is 10.4 Å². The van der Waals surface area contributed by atoms with Crippen molar-refractivity contribution < 1.29 is 9.90 Å². The molecule has 0 bridgehead atoms. The minimum absolute atomic E-state index is 0.000105. The van der Waals surface area contributed by atoms with Crippen molar-refractivity contribution in [1.82, 2.24) is 5.32 Å². The Morgan fingerprint density at radius 2 is 1.92 bits per heavy atom. The van der Waals surface area contributed by atoms with E-state index in [0.29, 0.717) is 12.1 Å². The van der Waals surface area contributed by atoms with Crippen LogP contribution in [0.1, 0.15) is 29.5 Å². The molecule has 4 heteroatoms. The van der Waals surface area contributed by atoms with Gasteiger partial charge in [-0.2, -0.15) is 5.26 Å². The number of aromatic hydroxyl groups is 1. The molecule has 3 rings (SSSR count). The van der Waals surface area contributed by atoms with E-state index in [9.17, 15) is 15.2 Å². The third kappa shape index (κ3) is 3.72. The Morgan fingerprint density at radius 3 is 2.52 bits per heavy atom. The highest BCUT2D eigenvalue weighted by Gasteiger charge is 2.45. The number of phenols is 1. The number of carbonyl (C=O) groups excluding carboxylic acids is 1. The van der Waals surface area contributed by atoms with E-state index in [4.69, 9.17) is 0 Å². The number of nitriles is 1. The van der Waals surface area contributed by atoms with Crippen LogP contribution in [-0.4, -0.2) is 17.6 Å². The largest absolute Gasteiger partial charge is 0.508 e. The van der Waals surface area contributed by atoms with Crippen LogP contribution in [0.3, 0.4) is 0 Å². The minimum atomic E-state index is -0.365. The van der Waals surface area contributed by atoms with Crippen LogP contribution < -0.4 is 5.32 Å². The second-order valence-electron chi connectivity index (χ2n) is 6.54. The third-order valence-electron chi connectivity index (χ3n) is 4.73. The summed E-state index contributed by atoms with van der Waals surface area (Å²) in [6, 6.07) is 16.6. The van der Waals surface area contributed by atoms with Crippen LogP contribution >= 0.6 is 0 Å². The summed E-state index contributed by atoms with van der Waals surface area (Å²) in [5.74, 6) is -0.218. The molecule has 0 unspecified atom stereocenters. The van der Waals surface area contributed by atoms with E-state index in [-0.39, 0.29) is 22.6 Å². The molecule has 126 valence electrons. The van der Waals surface area contributed by atoms with Gasteiger partial charge in [0.15, 0.2) is 0 Å². The molecule has 0 aliphatic heterocycles. The van der Waals surface area contributed by atoms with Gasteiger partial charge in [0.05, 0.1) is 0 Å². The predicted molar refractivity (Wildman–Crippen MR) is 96.8 cm³/mol. The van der Waals surface area contributed by atoms with Gasteiger partial charge >= 0.3 is 0 Å². The van der Waals surface area contributed by atoms with Crippen molar-refractivity contribution in [3.63, 3.8) is 0 Å². The Morgan fingerprint density at radius 1 is 1.24 bits per heavy atom. The predicted octanol–water partition coefficient (Wildman–Crippen LogP) is 3.46. The summed E-state index contributed by atoms with van der Waals surface area (Å²) >= 11 is 0. The maximum atomic E-state index is 12.4. The van der Waals surface area contributed by atoms with Crippen molar-refractivity contribution in [3.8, 4) is 11.8 Å². The number of nitrogens with zero attached hydrogens (tertiary/aromatic N) is 1. The molecule has 25 heavy (non-hydrogen) atoms. The Bertz CT molecular complexity index is 856. The van der Waals surface area contributed by atoms with Gasteiger partial charge in [-0.25, -0.2) is 0 Å². The lowest BCUT2D eigenvalue weighted by atomic mass is 9.92. The number of hydrogen-bond acceptors (Lipinski definition) is 3. The van der Waals surface area contributed by atoms with Gasteiger partial charge in [-0.1, -0.05) is 36.4 Å². The standard InChI is InChI=1S/C21H20N2O2/c1-15-4-2-3-5-19(15)21(10-11-21)14-23-20(25)17(13-22)12-16-6-8-18(24)9-7-16/h2-9,12,24H,10-11,14H2,1H3,(H,23,25).